The fourth-order valence-electron chi connectivity index (χ4n) is 6.11. The van der Waals surface area contributed by atoms with Crippen molar-refractivity contribution in [3.63, 3.8) is 0 Å². The standard InChI is InChI=1S/C37H35F7O2/c1-2-3-4-5-24-6-16-30(17-7-24)36(40,41)45-31-18-12-26(13-19-31)25-8-10-27(11-9-25)28-14-20-32(33(38)22-28)29-15-21-35(34(39)23-29)46-37(42,43)44/h6-7,12-23,25,27H,2-5,8-11H2,1H3. The molecule has 0 aromatic heterocycles. The second-order valence-electron chi connectivity index (χ2n) is 11.8. The molecule has 0 radical (unpaired) electrons. The number of hydrogen-bond donors (Lipinski definition) is 0. The molecule has 5 rings (SSSR count). The highest BCUT2D eigenvalue weighted by Crippen LogP contribution is 2.42. The van der Waals surface area contributed by atoms with E-state index in [9.17, 15) is 26.3 Å². The summed E-state index contributed by atoms with van der Waals surface area (Å²) in [6, 6.07) is 20.5. The first-order chi connectivity index (χ1) is 21.9. The van der Waals surface area contributed by atoms with Crippen LogP contribution in [0.3, 0.4) is 0 Å². The van der Waals surface area contributed by atoms with E-state index >= 15 is 4.39 Å². The lowest BCUT2D eigenvalue weighted by atomic mass is 9.76. The van der Waals surface area contributed by atoms with Gasteiger partial charge in [0.05, 0.1) is 5.56 Å². The predicted molar refractivity (Wildman–Crippen MR) is 163 cm³/mol. The highest BCUT2D eigenvalue weighted by molar-refractivity contribution is 5.65. The van der Waals surface area contributed by atoms with Crippen LogP contribution in [0.15, 0.2) is 84.9 Å². The van der Waals surface area contributed by atoms with Gasteiger partial charge in [0, 0.05) is 5.56 Å². The zero-order chi connectivity index (χ0) is 32.9. The van der Waals surface area contributed by atoms with Gasteiger partial charge < -0.3 is 9.47 Å². The molecule has 1 saturated carbocycles. The second kappa shape index (κ2) is 14.2. The maximum atomic E-state index is 15.1. The smallest absolute Gasteiger partial charge is 0.429 e. The second-order valence-corrected chi connectivity index (χ2v) is 11.8. The first-order valence-electron chi connectivity index (χ1n) is 15.5. The molecule has 1 fully saturated rings. The van der Waals surface area contributed by atoms with E-state index in [1.807, 2.05) is 12.1 Å². The third-order valence-electron chi connectivity index (χ3n) is 8.62. The number of alkyl halides is 5. The number of ether oxygens (including phenoxy) is 2. The van der Waals surface area contributed by atoms with Crippen LogP contribution in [0.5, 0.6) is 11.5 Å². The summed E-state index contributed by atoms with van der Waals surface area (Å²) in [6.07, 6.45) is -1.20. The summed E-state index contributed by atoms with van der Waals surface area (Å²) in [5, 5.41) is 0. The summed E-state index contributed by atoms with van der Waals surface area (Å²) in [5.74, 6) is -2.43. The molecule has 0 amide bonds. The number of halogens is 7. The Morgan fingerprint density at radius 1 is 0.652 bits per heavy atom. The van der Waals surface area contributed by atoms with Gasteiger partial charge in [0.1, 0.15) is 11.6 Å². The van der Waals surface area contributed by atoms with Crippen LogP contribution in [0.25, 0.3) is 11.1 Å². The van der Waals surface area contributed by atoms with E-state index in [1.54, 1.807) is 30.3 Å². The molecule has 0 aliphatic heterocycles. The lowest BCUT2D eigenvalue weighted by Gasteiger charge is -2.29. The van der Waals surface area contributed by atoms with Crippen LogP contribution < -0.4 is 9.47 Å². The predicted octanol–water partition coefficient (Wildman–Crippen LogP) is 11.8. The molecule has 2 nitrogen and oxygen atoms in total. The van der Waals surface area contributed by atoms with Gasteiger partial charge in [0.2, 0.25) is 0 Å². The number of benzene rings is 4. The minimum Gasteiger partial charge on any atom is -0.429 e. The van der Waals surface area contributed by atoms with Crippen LogP contribution >= 0.6 is 0 Å². The maximum Gasteiger partial charge on any atom is 0.573 e. The van der Waals surface area contributed by atoms with Crippen LogP contribution in [0.2, 0.25) is 0 Å². The van der Waals surface area contributed by atoms with Crippen LogP contribution in [0, 0.1) is 11.6 Å². The van der Waals surface area contributed by atoms with Crippen molar-refractivity contribution in [1.82, 2.24) is 0 Å². The Kier molecular flexibility index (Phi) is 10.3. The third kappa shape index (κ3) is 8.42. The van der Waals surface area contributed by atoms with Gasteiger partial charge in [-0.15, -0.1) is 13.2 Å². The van der Waals surface area contributed by atoms with Crippen molar-refractivity contribution in [3.8, 4) is 22.6 Å². The molecule has 244 valence electrons. The fourth-order valence-corrected chi connectivity index (χ4v) is 6.11. The molecule has 9 heteroatoms. The van der Waals surface area contributed by atoms with Gasteiger partial charge in [-0.2, -0.15) is 8.78 Å². The molecular formula is C37H35F7O2. The van der Waals surface area contributed by atoms with E-state index < -0.39 is 29.9 Å². The quantitative estimate of drug-likeness (QED) is 0.119. The molecule has 0 saturated heterocycles. The summed E-state index contributed by atoms with van der Waals surface area (Å²) in [5.41, 5.74) is 2.81. The zero-order valence-corrected chi connectivity index (χ0v) is 25.4. The van der Waals surface area contributed by atoms with Crippen molar-refractivity contribution in [3.05, 3.63) is 119 Å². The molecule has 0 atom stereocenters. The molecule has 46 heavy (non-hydrogen) atoms. The summed E-state index contributed by atoms with van der Waals surface area (Å²) in [6.45, 7) is 2.12. The summed E-state index contributed by atoms with van der Waals surface area (Å²) < 4.78 is 105. The van der Waals surface area contributed by atoms with Gasteiger partial charge in [0.25, 0.3) is 0 Å². The Morgan fingerprint density at radius 2 is 1.28 bits per heavy atom. The fraction of sp³-hybridized carbons (Fsp3) is 0.351. The van der Waals surface area contributed by atoms with E-state index in [2.05, 4.69) is 11.7 Å². The molecule has 4 aromatic rings. The molecule has 1 aliphatic rings. The van der Waals surface area contributed by atoms with E-state index in [1.165, 1.54) is 30.3 Å². The summed E-state index contributed by atoms with van der Waals surface area (Å²) in [4.78, 5) is 0. The summed E-state index contributed by atoms with van der Waals surface area (Å²) in [7, 11) is 0. The van der Waals surface area contributed by atoms with Crippen LogP contribution in [0.1, 0.15) is 86.0 Å². The molecule has 0 heterocycles. The van der Waals surface area contributed by atoms with E-state index in [0.29, 0.717) is 0 Å². The molecular weight excluding hydrogens is 609 g/mol. The Labute approximate surface area is 264 Å². The van der Waals surface area contributed by atoms with Crippen LogP contribution in [-0.2, 0) is 12.5 Å². The molecule has 0 spiro atoms. The van der Waals surface area contributed by atoms with Gasteiger partial charge in [-0.1, -0.05) is 62.2 Å². The van der Waals surface area contributed by atoms with Gasteiger partial charge >= 0.3 is 12.5 Å². The Hall–Kier alpha value is -4.01. The Bertz CT molecular complexity index is 1590. The summed E-state index contributed by atoms with van der Waals surface area (Å²) >= 11 is 0. The van der Waals surface area contributed by atoms with Gasteiger partial charge in [-0.05, 0) is 115 Å². The average Bonchev–Trinajstić information content (AvgIpc) is 3.02. The molecule has 4 aromatic carbocycles. The minimum atomic E-state index is -5.04. The third-order valence-corrected chi connectivity index (χ3v) is 8.62. The first-order valence-corrected chi connectivity index (χ1v) is 15.5. The number of hydrogen-bond acceptors (Lipinski definition) is 2. The number of aryl methyl sites for hydroxylation is 1. The zero-order valence-electron chi connectivity index (χ0n) is 25.4. The van der Waals surface area contributed by atoms with E-state index in [0.717, 1.165) is 80.2 Å². The molecule has 1 aliphatic carbocycles. The molecule has 0 bridgehead atoms. The van der Waals surface area contributed by atoms with Crippen molar-refractivity contribution >= 4 is 0 Å². The lowest BCUT2D eigenvalue weighted by Crippen LogP contribution is -2.21. The maximum absolute atomic E-state index is 15.1. The number of rotatable bonds is 11. The van der Waals surface area contributed by atoms with Gasteiger partial charge in [-0.25, -0.2) is 8.78 Å². The highest BCUT2D eigenvalue weighted by Gasteiger charge is 2.35. The van der Waals surface area contributed by atoms with Crippen molar-refractivity contribution in [2.45, 2.75) is 82.6 Å². The Balaban J connectivity index is 1.16. The van der Waals surface area contributed by atoms with Crippen molar-refractivity contribution in [2.75, 3.05) is 0 Å². The van der Waals surface area contributed by atoms with E-state index in [4.69, 9.17) is 4.74 Å². The molecule has 0 N–H and O–H groups in total. The van der Waals surface area contributed by atoms with Crippen LogP contribution in [0.4, 0.5) is 30.7 Å². The van der Waals surface area contributed by atoms with Crippen molar-refractivity contribution < 1.29 is 40.2 Å². The van der Waals surface area contributed by atoms with Crippen molar-refractivity contribution in [1.29, 1.82) is 0 Å². The normalized spacial score (nSPS) is 17.1. The monoisotopic (exact) mass is 644 g/mol. The number of unbranched alkanes of at least 4 members (excludes halogenated alkanes) is 2. The average molecular weight is 645 g/mol. The Morgan fingerprint density at radius 3 is 1.87 bits per heavy atom. The lowest BCUT2D eigenvalue weighted by molar-refractivity contribution is -0.275. The van der Waals surface area contributed by atoms with Crippen LogP contribution in [-0.4, -0.2) is 6.36 Å². The van der Waals surface area contributed by atoms with Crippen molar-refractivity contribution in [2.24, 2.45) is 0 Å². The largest absolute Gasteiger partial charge is 0.573 e. The minimum absolute atomic E-state index is 0.0715. The topological polar surface area (TPSA) is 18.5 Å². The van der Waals surface area contributed by atoms with Gasteiger partial charge in [-0.3, -0.25) is 0 Å². The highest BCUT2D eigenvalue weighted by atomic mass is 19.4. The van der Waals surface area contributed by atoms with Gasteiger partial charge in [0.15, 0.2) is 11.6 Å². The molecule has 0 unspecified atom stereocenters. The van der Waals surface area contributed by atoms with E-state index in [-0.39, 0.29) is 34.3 Å². The first kappa shape index (κ1) is 33.4. The SMILES string of the molecule is CCCCCc1ccc(C(F)(F)Oc2ccc(C3CCC(c4ccc(-c5ccc(OC(F)(F)F)c(F)c5)c(F)c4)CC3)cc2)cc1.